The molecule has 0 spiro atoms. The summed E-state index contributed by atoms with van der Waals surface area (Å²) < 4.78 is 0. The first-order valence-corrected chi connectivity index (χ1v) is 10.5. The highest BCUT2D eigenvalue weighted by Gasteiger charge is 2.24. The third-order valence-corrected chi connectivity index (χ3v) is 6.21. The maximum atomic E-state index is 5.05. The summed E-state index contributed by atoms with van der Waals surface area (Å²) in [6.45, 7) is 4.26. The van der Waals surface area contributed by atoms with Crippen LogP contribution in [0.3, 0.4) is 0 Å². The number of rotatable bonds is 3. The molecule has 1 N–H and O–H groups in total. The fourth-order valence-electron chi connectivity index (χ4n) is 3.71. The summed E-state index contributed by atoms with van der Waals surface area (Å²) in [6, 6.07) is 14.5. The van der Waals surface area contributed by atoms with Crippen molar-refractivity contribution in [3.05, 3.63) is 60.2 Å². The lowest BCUT2D eigenvalue weighted by molar-refractivity contribution is -0.880. The Morgan fingerprint density at radius 2 is 1.75 bits per heavy atom. The van der Waals surface area contributed by atoms with Gasteiger partial charge in [0, 0.05) is 28.9 Å². The smallest absolute Gasteiger partial charge is 0.164 e. The molecule has 0 amide bonds. The molecule has 0 unspecified atom stereocenters. The molecule has 1 fully saturated rings. The molecule has 4 aromatic rings. The third-order valence-electron chi connectivity index (χ3n) is 5.34. The van der Waals surface area contributed by atoms with Gasteiger partial charge in [-0.2, -0.15) is 0 Å². The Morgan fingerprint density at radius 3 is 2.50 bits per heavy atom. The van der Waals surface area contributed by atoms with Gasteiger partial charge < -0.3 is 9.80 Å². The number of piperazine rings is 1. The van der Waals surface area contributed by atoms with E-state index in [4.69, 9.17) is 9.97 Å². The van der Waals surface area contributed by atoms with E-state index in [0.717, 1.165) is 48.2 Å². The van der Waals surface area contributed by atoms with Crippen molar-refractivity contribution in [2.24, 2.45) is 0 Å². The number of thiophene rings is 1. The van der Waals surface area contributed by atoms with Gasteiger partial charge in [-0.05, 0) is 17.7 Å². The highest BCUT2D eigenvalue weighted by Crippen LogP contribution is 2.39. The van der Waals surface area contributed by atoms with E-state index < -0.39 is 0 Å². The Hall–Kier alpha value is -2.83. The van der Waals surface area contributed by atoms with Crippen molar-refractivity contribution in [1.29, 1.82) is 0 Å². The van der Waals surface area contributed by atoms with E-state index in [-0.39, 0.29) is 0 Å². The first kappa shape index (κ1) is 17.3. The number of anilines is 1. The minimum atomic E-state index is 0.753. The standard InChI is InChI=1S/C22H21N5S/c1-26-10-12-27(13-11-26)21-19-18(16-6-3-2-4-7-16)15-28-22(19)25-20(24-21)17-8-5-9-23-14-17/h2-9,14-15H,10-13H2,1H3/p+1. The number of hydrogen-bond donors (Lipinski definition) is 1. The van der Waals surface area contributed by atoms with Crippen molar-refractivity contribution >= 4 is 27.4 Å². The normalized spacial score (nSPS) is 15.2. The van der Waals surface area contributed by atoms with E-state index in [0.29, 0.717) is 0 Å². The maximum Gasteiger partial charge on any atom is 0.164 e. The van der Waals surface area contributed by atoms with Gasteiger partial charge in [0.25, 0.3) is 0 Å². The molecule has 5 nitrogen and oxygen atoms in total. The Bertz CT molecular complexity index is 1090. The van der Waals surface area contributed by atoms with Crippen molar-refractivity contribution in [2.75, 3.05) is 38.1 Å². The quantitative estimate of drug-likeness (QED) is 0.586. The zero-order valence-electron chi connectivity index (χ0n) is 15.8. The summed E-state index contributed by atoms with van der Waals surface area (Å²) in [5.41, 5.74) is 3.40. The van der Waals surface area contributed by atoms with Gasteiger partial charge >= 0.3 is 0 Å². The summed E-state index contributed by atoms with van der Waals surface area (Å²) >= 11 is 1.69. The number of hydrogen-bond acceptors (Lipinski definition) is 5. The number of fused-ring (bicyclic) bond motifs is 1. The third kappa shape index (κ3) is 3.15. The lowest BCUT2D eigenvalue weighted by Crippen LogP contribution is -3.12. The minimum Gasteiger partial charge on any atom is -0.345 e. The van der Waals surface area contributed by atoms with Crippen LogP contribution in [0.4, 0.5) is 5.82 Å². The first-order valence-electron chi connectivity index (χ1n) is 9.61. The predicted molar refractivity (Wildman–Crippen MR) is 115 cm³/mol. The number of quaternary nitrogens is 1. The number of aromatic nitrogens is 3. The summed E-state index contributed by atoms with van der Waals surface area (Å²) in [4.78, 5) is 19.2. The molecule has 0 radical (unpaired) electrons. The molecule has 0 bridgehead atoms. The molecular weight excluding hydrogens is 366 g/mol. The number of pyridine rings is 1. The Labute approximate surface area is 168 Å². The fraction of sp³-hybridized carbons (Fsp3) is 0.227. The average Bonchev–Trinajstić information content (AvgIpc) is 3.19. The van der Waals surface area contributed by atoms with Gasteiger partial charge in [-0.25, -0.2) is 9.97 Å². The van der Waals surface area contributed by atoms with E-state index in [1.807, 2.05) is 18.3 Å². The summed E-state index contributed by atoms with van der Waals surface area (Å²) in [7, 11) is 2.26. The van der Waals surface area contributed by atoms with Crippen LogP contribution >= 0.6 is 11.3 Å². The van der Waals surface area contributed by atoms with Crippen LogP contribution in [0.25, 0.3) is 32.7 Å². The first-order chi connectivity index (χ1) is 13.8. The highest BCUT2D eigenvalue weighted by atomic mass is 32.1. The average molecular weight is 389 g/mol. The van der Waals surface area contributed by atoms with Crippen molar-refractivity contribution < 1.29 is 4.90 Å². The van der Waals surface area contributed by atoms with Crippen LogP contribution in [-0.2, 0) is 0 Å². The number of nitrogens with zero attached hydrogens (tertiary/aromatic N) is 4. The number of likely N-dealkylation sites (N-methyl/N-ethyl adjacent to an activating group) is 1. The van der Waals surface area contributed by atoms with Gasteiger partial charge in [-0.15, -0.1) is 11.3 Å². The monoisotopic (exact) mass is 388 g/mol. The Morgan fingerprint density at radius 1 is 0.964 bits per heavy atom. The van der Waals surface area contributed by atoms with E-state index in [9.17, 15) is 0 Å². The molecule has 6 heteroatoms. The van der Waals surface area contributed by atoms with Gasteiger partial charge in [0.1, 0.15) is 10.6 Å². The number of nitrogens with one attached hydrogen (secondary N) is 1. The molecule has 0 atom stereocenters. The van der Waals surface area contributed by atoms with Gasteiger partial charge in [0.15, 0.2) is 5.82 Å². The largest absolute Gasteiger partial charge is 0.345 e. The summed E-state index contributed by atoms with van der Waals surface area (Å²) in [5, 5.41) is 3.38. The van der Waals surface area contributed by atoms with Crippen LogP contribution in [0.2, 0.25) is 0 Å². The van der Waals surface area contributed by atoms with Crippen LogP contribution in [0, 0.1) is 0 Å². The lowest BCUT2D eigenvalue weighted by atomic mass is 10.1. The molecule has 1 aliphatic heterocycles. The molecule has 140 valence electrons. The predicted octanol–water partition coefficient (Wildman–Crippen LogP) is 2.76. The van der Waals surface area contributed by atoms with Gasteiger partial charge in [0.2, 0.25) is 0 Å². The van der Waals surface area contributed by atoms with Crippen LogP contribution in [-0.4, -0.2) is 48.2 Å². The topological polar surface area (TPSA) is 46.4 Å². The molecular formula is C22H22N5S+. The van der Waals surface area contributed by atoms with Crippen LogP contribution < -0.4 is 9.80 Å². The second kappa shape index (κ2) is 7.30. The zero-order valence-corrected chi connectivity index (χ0v) is 16.6. The minimum absolute atomic E-state index is 0.753. The van der Waals surface area contributed by atoms with Crippen LogP contribution in [0.1, 0.15) is 0 Å². The van der Waals surface area contributed by atoms with E-state index in [2.05, 4.69) is 52.6 Å². The second-order valence-electron chi connectivity index (χ2n) is 7.25. The van der Waals surface area contributed by atoms with Crippen LogP contribution in [0.5, 0.6) is 0 Å². The van der Waals surface area contributed by atoms with E-state index in [1.54, 1.807) is 22.4 Å². The maximum absolute atomic E-state index is 5.05. The van der Waals surface area contributed by atoms with Crippen molar-refractivity contribution in [1.82, 2.24) is 15.0 Å². The van der Waals surface area contributed by atoms with Crippen molar-refractivity contribution in [3.63, 3.8) is 0 Å². The molecule has 0 saturated carbocycles. The van der Waals surface area contributed by atoms with Crippen LogP contribution in [0.15, 0.2) is 60.2 Å². The molecule has 1 aliphatic rings. The zero-order chi connectivity index (χ0) is 18.9. The fourth-order valence-corrected chi connectivity index (χ4v) is 4.65. The van der Waals surface area contributed by atoms with Crippen molar-refractivity contribution in [3.8, 4) is 22.5 Å². The van der Waals surface area contributed by atoms with E-state index >= 15 is 0 Å². The van der Waals surface area contributed by atoms with Gasteiger partial charge in [-0.1, -0.05) is 30.3 Å². The van der Waals surface area contributed by atoms with Crippen molar-refractivity contribution in [2.45, 2.75) is 0 Å². The molecule has 3 aromatic heterocycles. The SMILES string of the molecule is C[NH+]1CCN(c2nc(-c3cccnc3)nc3scc(-c4ccccc4)c23)CC1. The van der Waals surface area contributed by atoms with Gasteiger partial charge in [-0.3, -0.25) is 4.98 Å². The molecule has 5 rings (SSSR count). The Balaban J connectivity index is 1.71. The lowest BCUT2D eigenvalue weighted by Gasteiger charge is -2.31. The molecule has 1 aromatic carbocycles. The summed E-state index contributed by atoms with van der Waals surface area (Å²) in [6.07, 6.45) is 3.62. The number of benzene rings is 1. The molecule has 4 heterocycles. The molecule has 1 saturated heterocycles. The second-order valence-corrected chi connectivity index (χ2v) is 8.11. The Kier molecular flexibility index (Phi) is 4.50. The van der Waals surface area contributed by atoms with E-state index in [1.165, 1.54) is 16.5 Å². The molecule has 0 aliphatic carbocycles. The highest BCUT2D eigenvalue weighted by molar-refractivity contribution is 7.17. The summed E-state index contributed by atoms with van der Waals surface area (Å²) in [5.74, 6) is 1.81. The molecule has 28 heavy (non-hydrogen) atoms. The van der Waals surface area contributed by atoms with Gasteiger partial charge in [0.05, 0.1) is 38.6 Å².